The number of para-hydroxylation sites is 2. The lowest BCUT2D eigenvalue weighted by Crippen LogP contribution is -2.44. The molecule has 2 N–H and O–H groups in total. The second kappa shape index (κ2) is 7.52. The normalized spacial score (nSPS) is 15.2. The summed E-state index contributed by atoms with van der Waals surface area (Å²) in [5.74, 6) is 0.135. The molecule has 1 aliphatic rings. The van der Waals surface area contributed by atoms with Gasteiger partial charge in [-0.05, 0) is 18.2 Å². The number of carbonyl (C=O) groups is 2. The van der Waals surface area contributed by atoms with E-state index in [9.17, 15) is 9.59 Å². The summed E-state index contributed by atoms with van der Waals surface area (Å²) >= 11 is 0. The van der Waals surface area contributed by atoms with Crippen LogP contribution in [0.4, 0.5) is 5.69 Å². The Bertz CT molecular complexity index is 763. The topological polar surface area (TPSA) is 98.8 Å². The zero-order valence-electron chi connectivity index (χ0n) is 13.5. The maximum atomic E-state index is 11.9. The molecule has 1 aliphatic heterocycles. The summed E-state index contributed by atoms with van der Waals surface area (Å²) in [6.07, 6.45) is 1.04. The molecule has 25 heavy (non-hydrogen) atoms. The van der Waals surface area contributed by atoms with Crippen LogP contribution in [0.15, 0.2) is 42.6 Å². The molecule has 0 bridgehead atoms. The highest BCUT2D eigenvalue weighted by Crippen LogP contribution is 2.30. The van der Waals surface area contributed by atoms with Crippen molar-refractivity contribution in [3.63, 3.8) is 0 Å². The van der Waals surface area contributed by atoms with Gasteiger partial charge in [-0.25, -0.2) is 4.98 Å². The Balaban J connectivity index is 1.48. The summed E-state index contributed by atoms with van der Waals surface area (Å²) in [6.45, 7) is 0.447. The van der Waals surface area contributed by atoms with Gasteiger partial charge >= 0.3 is 11.8 Å². The van der Waals surface area contributed by atoms with Crippen molar-refractivity contribution in [3.8, 4) is 17.4 Å². The lowest BCUT2D eigenvalue weighted by Gasteiger charge is -2.26. The molecule has 1 aromatic carbocycles. The quantitative estimate of drug-likeness (QED) is 0.803. The van der Waals surface area contributed by atoms with Gasteiger partial charge in [0.25, 0.3) is 0 Å². The first-order chi connectivity index (χ1) is 12.2. The van der Waals surface area contributed by atoms with Gasteiger partial charge in [-0.1, -0.05) is 12.1 Å². The molecule has 0 saturated heterocycles. The van der Waals surface area contributed by atoms with Gasteiger partial charge in [-0.3, -0.25) is 9.59 Å². The highest BCUT2D eigenvalue weighted by atomic mass is 16.6. The number of rotatable bonds is 4. The van der Waals surface area contributed by atoms with Crippen LogP contribution in [-0.2, 0) is 9.59 Å². The molecule has 2 aromatic rings. The minimum Gasteiger partial charge on any atom is -0.486 e. The molecule has 2 heterocycles. The van der Waals surface area contributed by atoms with Crippen LogP contribution < -0.4 is 24.8 Å². The monoisotopic (exact) mass is 343 g/mol. The molecule has 3 rings (SSSR count). The Kier molecular flexibility index (Phi) is 4.98. The van der Waals surface area contributed by atoms with Crippen molar-refractivity contribution in [1.29, 1.82) is 0 Å². The van der Waals surface area contributed by atoms with Crippen molar-refractivity contribution in [2.45, 2.75) is 6.10 Å². The number of pyridine rings is 1. The molecule has 1 atom stereocenters. The first-order valence-corrected chi connectivity index (χ1v) is 7.63. The Morgan fingerprint density at radius 3 is 2.72 bits per heavy atom. The van der Waals surface area contributed by atoms with E-state index in [0.29, 0.717) is 29.7 Å². The summed E-state index contributed by atoms with van der Waals surface area (Å²) in [5.41, 5.74) is 0.395. The van der Waals surface area contributed by atoms with E-state index >= 15 is 0 Å². The zero-order valence-corrected chi connectivity index (χ0v) is 13.5. The lowest BCUT2D eigenvalue weighted by atomic mass is 10.2. The molecule has 0 saturated carbocycles. The van der Waals surface area contributed by atoms with Gasteiger partial charge in [0.05, 0.1) is 25.5 Å². The molecule has 8 nitrogen and oxygen atoms in total. The van der Waals surface area contributed by atoms with E-state index in [2.05, 4.69) is 15.6 Å². The van der Waals surface area contributed by atoms with Crippen LogP contribution in [0, 0.1) is 0 Å². The standard InChI is InChI=1S/C17H17N3O5/c1-23-15-7-6-11(8-18-15)20-17(22)16(21)19-9-12-10-24-13-4-2-3-5-14(13)25-12/h2-8,12H,9-10H2,1H3,(H,19,21)(H,20,22). The molecule has 130 valence electrons. The number of methoxy groups -OCH3 is 1. The summed E-state index contributed by atoms with van der Waals surface area (Å²) < 4.78 is 16.2. The van der Waals surface area contributed by atoms with Crippen molar-refractivity contribution in [3.05, 3.63) is 42.6 Å². The molecule has 1 unspecified atom stereocenters. The maximum absolute atomic E-state index is 11.9. The number of nitrogens with zero attached hydrogens (tertiary/aromatic N) is 1. The minimum absolute atomic E-state index is 0.154. The van der Waals surface area contributed by atoms with E-state index in [1.54, 1.807) is 24.3 Å². The maximum Gasteiger partial charge on any atom is 0.313 e. The Morgan fingerprint density at radius 1 is 1.20 bits per heavy atom. The van der Waals surface area contributed by atoms with Crippen LogP contribution in [0.5, 0.6) is 17.4 Å². The van der Waals surface area contributed by atoms with Crippen LogP contribution >= 0.6 is 0 Å². The van der Waals surface area contributed by atoms with Crippen molar-refractivity contribution in [2.24, 2.45) is 0 Å². The fourth-order valence-electron chi connectivity index (χ4n) is 2.21. The first kappa shape index (κ1) is 16.6. The van der Waals surface area contributed by atoms with Crippen LogP contribution in [0.1, 0.15) is 0 Å². The predicted octanol–water partition coefficient (Wildman–Crippen LogP) is 0.985. The summed E-state index contributed by atoms with van der Waals surface area (Å²) in [5, 5.41) is 4.98. The van der Waals surface area contributed by atoms with Gasteiger partial charge in [-0.2, -0.15) is 0 Å². The molecule has 1 aromatic heterocycles. The van der Waals surface area contributed by atoms with Crippen molar-refractivity contribution in [1.82, 2.24) is 10.3 Å². The molecule has 8 heteroatoms. The lowest BCUT2D eigenvalue weighted by molar-refractivity contribution is -0.136. The third kappa shape index (κ3) is 4.17. The zero-order chi connectivity index (χ0) is 17.6. The number of hydrogen-bond acceptors (Lipinski definition) is 6. The second-order valence-corrected chi connectivity index (χ2v) is 5.25. The number of ether oxygens (including phenoxy) is 3. The summed E-state index contributed by atoms with van der Waals surface area (Å²) in [7, 11) is 1.49. The number of amides is 2. The van der Waals surface area contributed by atoms with Crippen LogP contribution in [0.2, 0.25) is 0 Å². The summed E-state index contributed by atoms with van der Waals surface area (Å²) in [4.78, 5) is 27.7. The number of carbonyl (C=O) groups excluding carboxylic acids is 2. The third-order valence-electron chi connectivity index (χ3n) is 3.47. The molecule has 2 amide bonds. The van der Waals surface area contributed by atoms with Gasteiger partial charge in [0, 0.05) is 6.07 Å². The van der Waals surface area contributed by atoms with E-state index in [0.717, 1.165) is 0 Å². The minimum atomic E-state index is -0.788. The average molecular weight is 343 g/mol. The first-order valence-electron chi connectivity index (χ1n) is 7.63. The number of anilines is 1. The third-order valence-corrected chi connectivity index (χ3v) is 3.47. The number of fused-ring (bicyclic) bond motifs is 1. The fourth-order valence-corrected chi connectivity index (χ4v) is 2.21. The second-order valence-electron chi connectivity index (χ2n) is 5.25. The van der Waals surface area contributed by atoms with Crippen LogP contribution in [0.3, 0.4) is 0 Å². The van der Waals surface area contributed by atoms with E-state index in [-0.39, 0.29) is 12.6 Å². The van der Waals surface area contributed by atoms with Gasteiger partial charge in [0.15, 0.2) is 11.5 Å². The molecular weight excluding hydrogens is 326 g/mol. The van der Waals surface area contributed by atoms with E-state index in [1.807, 2.05) is 12.1 Å². The van der Waals surface area contributed by atoms with Gasteiger partial charge in [0.2, 0.25) is 5.88 Å². The van der Waals surface area contributed by atoms with Crippen molar-refractivity contribution >= 4 is 17.5 Å². The largest absolute Gasteiger partial charge is 0.486 e. The van der Waals surface area contributed by atoms with Gasteiger partial charge in [0.1, 0.15) is 12.7 Å². The molecule has 0 spiro atoms. The van der Waals surface area contributed by atoms with E-state index in [1.165, 1.54) is 13.3 Å². The van der Waals surface area contributed by atoms with Crippen molar-refractivity contribution in [2.75, 3.05) is 25.6 Å². The average Bonchev–Trinajstić information content (AvgIpc) is 2.66. The smallest absolute Gasteiger partial charge is 0.313 e. The number of aromatic nitrogens is 1. The van der Waals surface area contributed by atoms with Gasteiger partial charge < -0.3 is 24.8 Å². The molecular formula is C17H17N3O5. The van der Waals surface area contributed by atoms with E-state index < -0.39 is 11.8 Å². The number of benzene rings is 1. The SMILES string of the molecule is COc1ccc(NC(=O)C(=O)NCC2COc3ccccc3O2)cn1. The van der Waals surface area contributed by atoms with Crippen LogP contribution in [0.25, 0.3) is 0 Å². The Hall–Kier alpha value is -3.29. The van der Waals surface area contributed by atoms with E-state index in [4.69, 9.17) is 14.2 Å². The Morgan fingerprint density at radius 2 is 2.00 bits per heavy atom. The molecule has 0 radical (unpaired) electrons. The van der Waals surface area contributed by atoms with Crippen LogP contribution in [-0.4, -0.2) is 43.2 Å². The molecule has 0 aliphatic carbocycles. The highest BCUT2D eigenvalue weighted by Gasteiger charge is 2.22. The van der Waals surface area contributed by atoms with Gasteiger partial charge in [-0.15, -0.1) is 0 Å². The molecule has 0 fully saturated rings. The fraction of sp³-hybridized carbons (Fsp3) is 0.235. The predicted molar refractivity (Wildman–Crippen MR) is 88.8 cm³/mol. The summed E-state index contributed by atoms with van der Waals surface area (Å²) in [6, 6.07) is 10.4. The Labute approximate surface area is 144 Å². The number of nitrogens with one attached hydrogen (secondary N) is 2. The highest BCUT2D eigenvalue weighted by molar-refractivity contribution is 6.39. The number of hydrogen-bond donors (Lipinski definition) is 2. The van der Waals surface area contributed by atoms with Crippen molar-refractivity contribution < 1.29 is 23.8 Å².